The first-order chi connectivity index (χ1) is 7.63. The number of β-amino-alcohol motifs (C(OH)–C–C–N with tert-alkyl or cyclic N) is 1. The molecule has 0 unspecified atom stereocenters. The zero-order chi connectivity index (χ0) is 11.7. The number of amidine groups is 1. The molecule has 1 atom stereocenters. The summed E-state index contributed by atoms with van der Waals surface area (Å²) in [4.78, 5) is 9.26. The van der Waals surface area contributed by atoms with E-state index in [1.54, 1.807) is 0 Å². The van der Waals surface area contributed by atoms with Gasteiger partial charge in [0.1, 0.15) is 5.84 Å². The number of aliphatic hydroxyl groups excluding tert-OH is 1. The summed E-state index contributed by atoms with van der Waals surface area (Å²) < 4.78 is 0. The maximum absolute atomic E-state index is 8.99. The summed E-state index contributed by atoms with van der Waals surface area (Å²) in [5.41, 5.74) is 2.76. The van der Waals surface area contributed by atoms with E-state index in [4.69, 9.17) is 5.11 Å². The quantitative estimate of drug-likeness (QED) is 0.748. The summed E-state index contributed by atoms with van der Waals surface area (Å²) in [5, 5.41) is 8.99. The highest BCUT2D eigenvalue weighted by atomic mass is 16.3. The van der Waals surface area contributed by atoms with E-state index in [9.17, 15) is 0 Å². The Hall–Kier alpha value is -0.870. The van der Waals surface area contributed by atoms with Gasteiger partial charge in [-0.1, -0.05) is 0 Å². The lowest BCUT2D eigenvalue weighted by molar-refractivity contribution is 0.168. The van der Waals surface area contributed by atoms with Gasteiger partial charge in [0.15, 0.2) is 0 Å². The van der Waals surface area contributed by atoms with Crippen molar-refractivity contribution in [3.05, 3.63) is 11.3 Å². The molecule has 0 radical (unpaired) electrons. The number of aliphatic imine (C=N–C) groups is 1. The van der Waals surface area contributed by atoms with E-state index in [0.717, 1.165) is 32.0 Å². The molecule has 4 heteroatoms. The predicted molar refractivity (Wildman–Crippen MR) is 65.5 cm³/mol. The minimum Gasteiger partial charge on any atom is -0.395 e. The van der Waals surface area contributed by atoms with Crippen LogP contribution in [-0.4, -0.2) is 59.6 Å². The molecule has 0 aromatic carbocycles. The molecule has 0 aromatic heterocycles. The SMILES string of the molecule is CC1=N[C@@H](C)C(C)=C2CN(CCO)CCN12. The van der Waals surface area contributed by atoms with Gasteiger partial charge in [0, 0.05) is 31.9 Å². The molecule has 1 saturated heterocycles. The van der Waals surface area contributed by atoms with Crippen LogP contribution in [0.15, 0.2) is 16.3 Å². The maximum Gasteiger partial charge on any atom is 0.101 e. The number of hydrogen-bond acceptors (Lipinski definition) is 4. The molecule has 2 aliphatic rings. The second kappa shape index (κ2) is 4.55. The van der Waals surface area contributed by atoms with Crippen molar-refractivity contribution in [2.24, 2.45) is 4.99 Å². The topological polar surface area (TPSA) is 39.1 Å². The Morgan fingerprint density at radius 3 is 2.81 bits per heavy atom. The molecule has 1 N–H and O–H groups in total. The van der Waals surface area contributed by atoms with E-state index in [2.05, 4.69) is 35.6 Å². The zero-order valence-corrected chi connectivity index (χ0v) is 10.4. The van der Waals surface area contributed by atoms with E-state index in [0.29, 0.717) is 6.04 Å². The molecule has 0 saturated carbocycles. The van der Waals surface area contributed by atoms with Crippen molar-refractivity contribution < 1.29 is 5.11 Å². The average Bonchev–Trinajstić information content (AvgIpc) is 2.26. The molecule has 2 rings (SSSR count). The maximum atomic E-state index is 8.99. The molecule has 16 heavy (non-hydrogen) atoms. The summed E-state index contributed by atoms with van der Waals surface area (Å²) in [6, 6.07) is 0.306. The second-order valence-electron chi connectivity index (χ2n) is 4.63. The van der Waals surface area contributed by atoms with Crippen molar-refractivity contribution in [2.75, 3.05) is 32.8 Å². The van der Waals surface area contributed by atoms with Crippen LogP contribution in [0.2, 0.25) is 0 Å². The smallest absolute Gasteiger partial charge is 0.101 e. The summed E-state index contributed by atoms with van der Waals surface area (Å²) in [5.74, 6) is 1.14. The Morgan fingerprint density at radius 1 is 1.38 bits per heavy atom. The molecular formula is C12H21N3O. The van der Waals surface area contributed by atoms with Crippen molar-refractivity contribution in [1.29, 1.82) is 0 Å². The van der Waals surface area contributed by atoms with Gasteiger partial charge in [-0.3, -0.25) is 9.89 Å². The Bertz CT molecular complexity index is 335. The lowest BCUT2D eigenvalue weighted by Crippen LogP contribution is -2.49. The number of rotatable bonds is 2. The van der Waals surface area contributed by atoms with Gasteiger partial charge >= 0.3 is 0 Å². The predicted octanol–water partition coefficient (Wildman–Crippen LogP) is 0.691. The first-order valence-electron chi connectivity index (χ1n) is 5.98. The van der Waals surface area contributed by atoms with Gasteiger partial charge in [0.05, 0.1) is 12.6 Å². The molecule has 2 aliphatic heterocycles. The van der Waals surface area contributed by atoms with Gasteiger partial charge in [0.2, 0.25) is 0 Å². The zero-order valence-electron chi connectivity index (χ0n) is 10.4. The Kier molecular flexibility index (Phi) is 3.30. The largest absolute Gasteiger partial charge is 0.395 e. The van der Waals surface area contributed by atoms with E-state index < -0.39 is 0 Å². The molecule has 4 nitrogen and oxygen atoms in total. The van der Waals surface area contributed by atoms with Crippen LogP contribution >= 0.6 is 0 Å². The van der Waals surface area contributed by atoms with Crippen LogP contribution in [0.4, 0.5) is 0 Å². The summed E-state index contributed by atoms with van der Waals surface area (Å²) in [7, 11) is 0. The van der Waals surface area contributed by atoms with E-state index in [1.165, 1.54) is 11.3 Å². The lowest BCUT2D eigenvalue weighted by atomic mass is 10.0. The number of aliphatic hydroxyl groups is 1. The minimum atomic E-state index is 0.245. The van der Waals surface area contributed by atoms with Crippen molar-refractivity contribution in [3.63, 3.8) is 0 Å². The first-order valence-corrected chi connectivity index (χ1v) is 5.98. The van der Waals surface area contributed by atoms with Gasteiger partial charge in [-0.15, -0.1) is 0 Å². The van der Waals surface area contributed by atoms with Crippen LogP contribution < -0.4 is 0 Å². The van der Waals surface area contributed by atoms with Gasteiger partial charge in [-0.2, -0.15) is 0 Å². The first kappa shape index (κ1) is 11.6. The molecule has 90 valence electrons. The number of piperazine rings is 1. The van der Waals surface area contributed by atoms with Crippen molar-refractivity contribution in [1.82, 2.24) is 9.80 Å². The molecule has 0 aliphatic carbocycles. The average molecular weight is 223 g/mol. The molecule has 0 amide bonds. The van der Waals surface area contributed by atoms with Gasteiger partial charge in [-0.25, -0.2) is 0 Å². The summed E-state index contributed by atoms with van der Waals surface area (Å²) in [6.45, 7) is 10.4. The third-order valence-corrected chi connectivity index (χ3v) is 3.61. The van der Waals surface area contributed by atoms with E-state index in [1.807, 2.05) is 0 Å². The standard InChI is InChI=1S/C12H21N3O/c1-9-10(2)13-11(3)15-5-4-14(6-7-16)8-12(9)15/h10,16H,4-8H2,1-3H3/t10-/m0/s1. The highest BCUT2D eigenvalue weighted by Gasteiger charge is 2.28. The van der Waals surface area contributed by atoms with E-state index >= 15 is 0 Å². The third-order valence-electron chi connectivity index (χ3n) is 3.61. The van der Waals surface area contributed by atoms with Gasteiger partial charge in [-0.05, 0) is 26.3 Å². The van der Waals surface area contributed by atoms with Crippen LogP contribution in [0.1, 0.15) is 20.8 Å². The van der Waals surface area contributed by atoms with Crippen molar-refractivity contribution in [3.8, 4) is 0 Å². The molecule has 0 aromatic rings. The highest BCUT2D eigenvalue weighted by molar-refractivity contribution is 5.83. The summed E-state index contributed by atoms with van der Waals surface area (Å²) >= 11 is 0. The normalized spacial score (nSPS) is 26.9. The molecule has 0 spiro atoms. The molecule has 1 fully saturated rings. The third kappa shape index (κ3) is 1.99. The van der Waals surface area contributed by atoms with Crippen molar-refractivity contribution >= 4 is 5.84 Å². The van der Waals surface area contributed by atoms with E-state index in [-0.39, 0.29) is 6.61 Å². The van der Waals surface area contributed by atoms with Gasteiger partial charge in [0.25, 0.3) is 0 Å². The minimum absolute atomic E-state index is 0.245. The van der Waals surface area contributed by atoms with Crippen LogP contribution in [0, 0.1) is 0 Å². The van der Waals surface area contributed by atoms with Crippen LogP contribution in [0.5, 0.6) is 0 Å². The summed E-state index contributed by atoms with van der Waals surface area (Å²) in [6.07, 6.45) is 0. The fourth-order valence-electron chi connectivity index (χ4n) is 2.47. The van der Waals surface area contributed by atoms with Crippen molar-refractivity contribution in [2.45, 2.75) is 26.8 Å². The Labute approximate surface area is 97.3 Å². The number of hydrogen-bond donors (Lipinski definition) is 1. The number of nitrogens with zero attached hydrogens (tertiary/aromatic N) is 3. The van der Waals surface area contributed by atoms with Crippen LogP contribution in [0.3, 0.4) is 0 Å². The monoisotopic (exact) mass is 223 g/mol. The fraction of sp³-hybridized carbons (Fsp3) is 0.750. The lowest BCUT2D eigenvalue weighted by Gasteiger charge is -2.41. The molecule has 0 bridgehead atoms. The number of fused-ring (bicyclic) bond motifs is 1. The Balaban J connectivity index is 2.18. The van der Waals surface area contributed by atoms with Crippen LogP contribution in [0.25, 0.3) is 0 Å². The molecular weight excluding hydrogens is 202 g/mol. The highest BCUT2D eigenvalue weighted by Crippen LogP contribution is 2.25. The molecule has 2 heterocycles. The fourth-order valence-corrected chi connectivity index (χ4v) is 2.47. The second-order valence-corrected chi connectivity index (χ2v) is 4.63. The Morgan fingerprint density at radius 2 is 2.12 bits per heavy atom. The van der Waals surface area contributed by atoms with Crippen LogP contribution in [-0.2, 0) is 0 Å². The van der Waals surface area contributed by atoms with Gasteiger partial charge < -0.3 is 10.0 Å².